The minimum absolute atomic E-state index is 0. The normalized spacial score (nSPS) is 20.0. The number of hydrogen-bond acceptors (Lipinski definition) is 0. The van der Waals surface area contributed by atoms with Gasteiger partial charge < -0.3 is 0 Å². The van der Waals surface area contributed by atoms with Crippen LogP contribution in [0.3, 0.4) is 0 Å². The van der Waals surface area contributed by atoms with Crippen molar-refractivity contribution in [1.29, 1.82) is 0 Å². The molecule has 2 aliphatic rings. The predicted molar refractivity (Wildman–Crippen MR) is 82.1 cm³/mol. The first-order valence-corrected chi connectivity index (χ1v) is 6.65. The monoisotopic (exact) mass is 298 g/mol. The Morgan fingerprint density at radius 2 is 0.789 bits per heavy atom. The van der Waals surface area contributed by atoms with E-state index in [0.29, 0.717) is 0 Å². The van der Waals surface area contributed by atoms with Gasteiger partial charge in [-0.25, -0.2) is 0 Å². The van der Waals surface area contributed by atoms with Crippen LogP contribution in [-0.2, 0) is 17.1 Å². The Balaban J connectivity index is 0.000000324. The van der Waals surface area contributed by atoms with Gasteiger partial charge in [-0.15, -0.1) is 0 Å². The molecule has 0 saturated heterocycles. The van der Waals surface area contributed by atoms with Crippen LogP contribution >= 0.6 is 0 Å². The van der Waals surface area contributed by atoms with E-state index in [2.05, 4.69) is 67.5 Å². The number of allylic oxidation sites excluding steroid dienone is 8. The first kappa shape index (κ1) is 18.5. The third-order valence-corrected chi connectivity index (χ3v) is 4.36. The average Bonchev–Trinajstić information content (AvgIpc) is 2.66. The molecule has 0 spiro atoms. The maximum Gasteiger partial charge on any atom is 0.0224 e. The fourth-order valence-corrected chi connectivity index (χ4v) is 2.27. The molecule has 2 rings (SSSR count). The molecule has 0 bridgehead atoms. The fourth-order valence-electron chi connectivity index (χ4n) is 2.27. The summed E-state index contributed by atoms with van der Waals surface area (Å²) in [7, 11) is 0. The molecule has 0 atom stereocenters. The minimum atomic E-state index is 0. The van der Waals surface area contributed by atoms with Crippen LogP contribution in [0.25, 0.3) is 0 Å². The van der Waals surface area contributed by atoms with Gasteiger partial charge >= 0.3 is 0 Å². The first-order valence-electron chi connectivity index (χ1n) is 6.65. The van der Waals surface area contributed by atoms with E-state index in [1.165, 1.54) is 45.3 Å². The van der Waals surface area contributed by atoms with E-state index in [1.807, 2.05) is 0 Å². The molecule has 2 aliphatic carbocycles. The van der Waals surface area contributed by atoms with E-state index in [9.17, 15) is 0 Å². The Morgan fingerprint density at radius 3 is 0.842 bits per heavy atom. The number of hydrogen-bond donors (Lipinski definition) is 0. The standard InChI is InChI=1S/2C9H13.Fe/c2*1-6-5-7(2)9(4)8(6)3;/h2*5H,1-4H3;. The maximum absolute atomic E-state index is 2.24. The van der Waals surface area contributed by atoms with Crippen molar-refractivity contribution >= 4 is 0 Å². The summed E-state index contributed by atoms with van der Waals surface area (Å²) in [4.78, 5) is 0. The van der Waals surface area contributed by atoms with Gasteiger partial charge in [-0.3, -0.25) is 0 Å². The van der Waals surface area contributed by atoms with Crippen LogP contribution in [0.4, 0.5) is 0 Å². The third-order valence-electron chi connectivity index (χ3n) is 4.36. The Labute approximate surface area is 130 Å². The zero-order valence-corrected chi connectivity index (χ0v) is 14.6. The summed E-state index contributed by atoms with van der Waals surface area (Å²) in [6.45, 7) is 17.4. The van der Waals surface area contributed by atoms with Crippen LogP contribution in [0.1, 0.15) is 55.4 Å². The molecule has 2 radical (unpaired) electrons. The van der Waals surface area contributed by atoms with Gasteiger partial charge in [-0.05, 0) is 41.5 Å². The zero-order valence-electron chi connectivity index (χ0n) is 13.5. The summed E-state index contributed by atoms with van der Waals surface area (Å²) in [5, 5.41) is 0. The molecular formula is C18H26Fe. The summed E-state index contributed by atoms with van der Waals surface area (Å²) < 4.78 is 0. The fraction of sp³-hybridized carbons (Fsp3) is 0.444. The van der Waals surface area contributed by atoms with E-state index >= 15 is 0 Å². The van der Waals surface area contributed by atoms with Crippen LogP contribution in [0.15, 0.2) is 45.6 Å². The van der Waals surface area contributed by atoms with Crippen LogP contribution in [0.5, 0.6) is 0 Å². The van der Waals surface area contributed by atoms with Crippen molar-refractivity contribution in [3.05, 3.63) is 57.4 Å². The smallest absolute Gasteiger partial charge is 0.0224 e. The van der Waals surface area contributed by atoms with Crippen molar-refractivity contribution in [2.45, 2.75) is 55.4 Å². The molecule has 106 valence electrons. The van der Waals surface area contributed by atoms with Gasteiger partial charge in [0.05, 0.1) is 0 Å². The predicted octanol–water partition coefficient (Wildman–Crippen LogP) is 5.75. The first-order chi connectivity index (χ1) is 8.25. The largest absolute Gasteiger partial charge is 0.0619 e. The van der Waals surface area contributed by atoms with E-state index in [-0.39, 0.29) is 17.1 Å². The molecule has 0 aromatic heterocycles. The van der Waals surface area contributed by atoms with Crippen molar-refractivity contribution in [3.8, 4) is 0 Å². The van der Waals surface area contributed by atoms with E-state index in [0.717, 1.165) is 0 Å². The second kappa shape index (κ2) is 7.31. The molecule has 0 aliphatic heterocycles. The molecule has 0 saturated carbocycles. The molecule has 0 aromatic carbocycles. The van der Waals surface area contributed by atoms with Gasteiger partial charge in [-0.1, -0.05) is 59.4 Å². The molecule has 0 nitrogen and oxygen atoms in total. The molecule has 0 fully saturated rings. The van der Waals surface area contributed by atoms with Crippen LogP contribution < -0.4 is 0 Å². The summed E-state index contributed by atoms with van der Waals surface area (Å²) in [5.74, 6) is 2.90. The van der Waals surface area contributed by atoms with E-state index < -0.39 is 0 Å². The molecule has 0 heterocycles. The van der Waals surface area contributed by atoms with Gasteiger partial charge in [0.25, 0.3) is 0 Å². The van der Waals surface area contributed by atoms with E-state index in [4.69, 9.17) is 0 Å². The van der Waals surface area contributed by atoms with Crippen molar-refractivity contribution in [1.82, 2.24) is 0 Å². The molecule has 0 N–H and O–H groups in total. The van der Waals surface area contributed by atoms with Gasteiger partial charge in [0, 0.05) is 28.9 Å². The molecular weight excluding hydrogens is 272 g/mol. The van der Waals surface area contributed by atoms with Crippen molar-refractivity contribution in [3.63, 3.8) is 0 Å². The van der Waals surface area contributed by atoms with Gasteiger partial charge in [0.1, 0.15) is 0 Å². The van der Waals surface area contributed by atoms with Crippen LogP contribution in [0, 0.1) is 11.8 Å². The van der Waals surface area contributed by atoms with Gasteiger partial charge in [0.2, 0.25) is 0 Å². The Hall–Kier alpha value is -0.521. The molecule has 19 heavy (non-hydrogen) atoms. The topological polar surface area (TPSA) is 0 Å². The van der Waals surface area contributed by atoms with Crippen LogP contribution in [0.2, 0.25) is 0 Å². The summed E-state index contributed by atoms with van der Waals surface area (Å²) >= 11 is 0. The SMILES string of the molecule is C[C]1C(C)=CC(C)=C1C.C[C]1C(C)=CC(C)=C1C.[Fe]. The van der Waals surface area contributed by atoms with Crippen molar-refractivity contribution < 1.29 is 17.1 Å². The van der Waals surface area contributed by atoms with Crippen molar-refractivity contribution in [2.24, 2.45) is 0 Å². The van der Waals surface area contributed by atoms with Gasteiger partial charge in [0.15, 0.2) is 0 Å². The number of rotatable bonds is 0. The van der Waals surface area contributed by atoms with E-state index in [1.54, 1.807) is 0 Å². The molecule has 0 unspecified atom stereocenters. The van der Waals surface area contributed by atoms with Gasteiger partial charge in [-0.2, -0.15) is 0 Å². The van der Waals surface area contributed by atoms with Crippen LogP contribution in [-0.4, -0.2) is 0 Å². The third kappa shape index (κ3) is 4.23. The second-order valence-electron chi connectivity index (χ2n) is 5.52. The zero-order chi connectivity index (χ0) is 14.0. The second-order valence-corrected chi connectivity index (χ2v) is 5.52. The maximum atomic E-state index is 2.24. The summed E-state index contributed by atoms with van der Waals surface area (Å²) in [5.41, 5.74) is 8.59. The quantitative estimate of drug-likeness (QED) is 0.499. The van der Waals surface area contributed by atoms with Crippen molar-refractivity contribution in [2.75, 3.05) is 0 Å². The minimum Gasteiger partial charge on any atom is -0.0619 e. The summed E-state index contributed by atoms with van der Waals surface area (Å²) in [6.07, 6.45) is 4.48. The Bertz CT molecular complexity index is 414. The molecule has 1 heteroatoms. The molecule has 0 aromatic rings. The Kier molecular flexibility index (Phi) is 7.11. The molecule has 0 amide bonds. The average molecular weight is 298 g/mol. The summed E-state index contributed by atoms with van der Waals surface area (Å²) in [6, 6.07) is 0. The Morgan fingerprint density at radius 1 is 0.526 bits per heavy atom.